The van der Waals surface area contributed by atoms with Crippen molar-refractivity contribution in [2.75, 3.05) is 23.7 Å². The molecule has 0 aromatic heterocycles. The highest BCUT2D eigenvalue weighted by molar-refractivity contribution is 5.94. The number of hydrogen-bond acceptors (Lipinski definition) is 2. The lowest BCUT2D eigenvalue weighted by atomic mass is 9.87. The van der Waals surface area contributed by atoms with Crippen LogP contribution in [-0.4, -0.2) is 13.1 Å². The van der Waals surface area contributed by atoms with E-state index in [1.165, 1.54) is 58.6 Å². The van der Waals surface area contributed by atoms with Gasteiger partial charge in [0.15, 0.2) is 0 Å². The summed E-state index contributed by atoms with van der Waals surface area (Å²) in [7, 11) is 0. The van der Waals surface area contributed by atoms with Gasteiger partial charge < -0.3 is 10.6 Å². The van der Waals surface area contributed by atoms with Crippen molar-refractivity contribution >= 4 is 32.9 Å². The number of hydrogen-bond donors (Lipinski definition) is 2. The Morgan fingerprint density at radius 3 is 2.00 bits per heavy atom. The molecule has 0 radical (unpaired) electrons. The molecule has 4 atom stereocenters. The summed E-state index contributed by atoms with van der Waals surface area (Å²) in [6.07, 6.45) is 5.56. The Morgan fingerprint density at radius 2 is 1.28 bits per heavy atom. The summed E-state index contributed by atoms with van der Waals surface area (Å²) in [5, 5.41) is 12.9. The Balaban J connectivity index is 1.08. The van der Waals surface area contributed by atoms with Crippen LogP contribution in [0.15, 0.2) is 84.9 Å². The summed E-state index contributed by atoms with van der Waals surface area (Å²) in [5.74, 6) is 3.51. The van der Waals surface area contributed by atoms with Crippen LogP contribution >= 0.6 is 0 Å². The Kier molecular flexibility index (Phi) is 5.23. The van der Waals surface area contributed by atoms with Crippen molar-refractivity contribution in [1.29, 1.82) is 0 Å². The third kappa shape index (κ3) is 3.62. The first-order valence-corrected chi connectivity index (χ1v) is 12.3. The minimum Gasteiger partial charge on any atom is -0.385 e. The first kappa shape index (κ1) is 19.7. The zero-order valence-electron chi connectivity index (χ0n) is 18.6. The van der Waals surface area contributed by atoms with Gasteiger partial charge in [-0.25, -0.2) is 0 Å². The number of nitrogens with one attached hydrogen (secondary N) is 2. The first-order valence-electron chi connectivity index (χ1n) is 12.3. The van der Waals surface area contributed by atoms with Crippen molar-refractivity contribution in [3.05, 3.63) is 84.9 Å². The maximum absolute atomic E-state index is 3.82. The lowest BCUT2D eigenvalue weighted by Gasteiger charge is -2.24. The van der Waals surface area contributed by atoms with Gasteiger partial charge in [0.25, 0.3) is 0 Å². The van der Waals surface area contributed by atoms with E-state index < -0.39 is 0 Å². The molecule has 2 N–H and O–H groups in total. The van der Waals surface area contributed by atoms with Gasteiger partial charge in [0.05, 0.1) is 0 Å². The van der Waals surface area contributed by atoms with Gasteiger partial charge >= 0.3 is 0 Å². The first-order chi connectivity index (χ1) is 15.9. The van der Waals surface area contributed by atoms with Gasteiger partial charge in [-0.3, -0.25) is 0 Å². The zero-order chi connectivity index (χ0) is 21.3. The van der Waals surface area contributed by atoms with E-state index in [2.05, 4.69) is 95.6 Å². The Labute approximate surface area is 191 Å². The van der Waals surface area contributed by atoms with Crippen molar-refractivity contribution in [3.8, 4) is 0 Å². The molecule has 32 heavy (non-hydrogen) atoms. The number of anilines is 2. The predicted octanol–water partition coefficient (Wildman–Crippen LogP) is 7.57. The van der Waals surface area contributed by atoms with Crippen molar-refractivity contribution < 1.29 is 0 Å². The number of benzene rings is 4. The molecule has 4 unspecified atom stereocenters. The molecule has 0 amide bonds. The fourth-order valence-electron chi connectivity index (χ4n) is 6.68. The molecule has 2 fully saturated rings. The summed E-state index contributed by atoms with van der Waals surface area (Å²) < 4.78 is 0. The fourth-order valence-corrected chi connectivity index (χ4v) is 6.68. The van der Waals surface area contributed by atoms with E-state index >= 15 is 0 Å². The smallest absolute Gasteiger partial charge is 0.0419 e. The van der Waals surface area contributed by atoms with E-state index in [9.17, 15) is 0 Å². The Morgan fingerprint density at radius 1 is 0.656 bits per heavy atom. The standard InChI is InChI=1S/C30H32N2/c1-3-11-27-21(7-1)9-5-13-29(27)31-18-17-26-23-15-16-25(26)24(19-23)20-32-30-14-6-10-22-8-2-4-12-28(22)30/h1-14,23-26,31-32H,15-20H2. The van der Waals surface area contributed by atoms with Crippen LogP contribution in [0, 0.1) is 23.7 Å². The van der Waals surface area contributed by atoms with Crippen LogP contribution in [0.4, 0.5) is 11.4 Å². The van der Waals surface area contributed by atoms with Crippen LogP contribution in [0.5, 0.6) is 0 Å². The monoisotopic (exact) mass is 420 g/mol. The van der Waals surface area contributed by atoms with Gasteiger partial charge in [-0.2, -0.15) is 0 Å². The SMILES string of the molecule is c1ccc2c(NCCC3C4CCC3C(CNc3cccc5ccccc35)C4)cccc2c1. The Bertz CT molecular complexity index is 1220. The maximum atomic E-state index is 3.82. The normalized spacial score (nSPS) is 24.2. The second kappa shape index (κ2) is 8.50. The van der Waals surface area contributed by atoms with E-state index in [1.807, 2.05) is 0 Å². The number of rotatable bonds is 7. The van der Waals surface area contributed by atoms with Crippen molar-refractivity contribution in [2.45, 2.75) is 25.7 Å². The molecule has 2 nitrogen and oxygen atoms in total. The summed E-state index contributed by atoms with van der Waals surface area (Å²) >= 11 is 0. The van der Waals surface area contributed by atoms with Crippen LogP contribution in [0.1, 0.15) is 25.7 Å². The summed E-state index contributed by atoms with van der Waals surface area (Å²) in [6, 6.07) is 30.6. The van der Waals surface area contributed by atoms with Crippen molar-refractivity contribution in [2.24, 2.45) is 23.7 Å². The molecule has 2 heteroatoms. The van der Waals surface area contributed by atoms with Gasteiger partial charge in [0, 0.05) is 35.2 Å². The van der Waals surface area contributed by atoms with Gasteiger partial charge in [0.1, 0.15) is 0 Å². The molecule has 2 saturated carbocycles. The molecule has 0 saturated heterocycles. The van der Waals surface area contributed by atoms with Crippen LogP contribution in [0.25, 0.3) is 21.5 Å². The van der Waals surface area contributed by atoms with E-state index in [-0.39, 0.29) is 0 Å². The van der Waals surface area contributed by atoms with Gasteiger partial charge in [-0.05, 0) is 72.3 Å². The maximum Gasteiger partial charge on any atom is 0.0419 e. The highest BCUT2D eigenvalue weighted by atomic mass is 14.9. The largest absolute Gasteiger partial charge is 0.385 e. The summed E-state index contributed by atoms with van der Waals surface area (Å²) in [5.41, 5.74) is 2.57. The van der Waals surface area contributed by atoms with Gasteiger partial charge in [0.2, 0.25) is 0 Å². The highest BCUT2D eigenvalue weighted by Gasteiger charge is 2.46. The van der Waals surface area contributed by atoms with E-state index in [0.717, 1.165) is 36.8 Å². The van der Waals surface area contributed by atoms with Crippen molar-refractivity contribution in [1.82, 2.24) is 0 Å². The molecule has 2 bridgehead atoms. The second-order valence-corrected chi connectivity index (χ2v) is 9.81. The molecular weight excluding hydrogens is 388 g/mol. The minimum atomic E-state index is 0.815. The Hall–Kier alpha value is -3.00. The summed E-state index contributed by atoms with van der Waals surface area (Å²) in [4.78, 5) is 0. The summed E-state index contributed by atoms with van der Waals surface area (Å²) in [6.45, 7) is 2.19. The van der Waals surface area contributed by atoms with E-state index in [4.69, 9.17) is 0 Å². The number of fused-ring (bicyclic) bond motifs is 4. The second-order valence-electron chi connectivity index (χ2n) is 9.81. The van der Waals surface area contributed by atoms with Crippen LogP contribution in [-0.2, 0) is 0 Å². The molecule has 4 aromatic rings. The topological polar surface area (TPSA) is 24.1 Å². The van der Waals surface area contributed by atoms with Crippen LogP contribution in [0.2, 0.25) is 0 Å². The van der Waals surface area contributed by atoms with E-state index in [1.54, 1.807) is 0 Å². The molecule has 2 aliphatic rings. The molecule has 162 valence electrons. The van der Waals surface area contributed by atoms with E-state index in [0.29, 0.717) is 0 Å². The average Bonchev–Trinajstić information content (AvgIpc) is 3.39. The lowest BCUT2D eigenvalue weighted by Crippen LogP contribution is -2.22. The molecule has 4 aromatic carbocycles. The molecule has 0 spiro atoms. The minimum absolute atomic E-state index is 0.815. The lowest BCUT2D eigenvalue weighted by molar-refractivity contribution is 0.325. The van der Waals surface area contributed by atoms with Crippen molar-refractivity contribution in [3.63, 3.8) is 0 Å². The van der Waals surface area contributed by atoms with Gasteiger partial charge in [-0.1, -0.05) is 72.8 Å². The quantitative estimate of drug-likeness (QED) is 0.322. The highest BCUT2D eigenvalue weighted by Crippen LogP contribution is 2.54. The zero-order valence-corrected chi connectivity index (χ0v) is 18.6. The fraction of sp³-hybridized carbons (Fsp3) is 0.333. The third-order valence-electron chi connectivity index (χ3n) is 8.16. The third-order valence-corrected chi connectivity index (χ3v) is 8.16. The molecular formula is C30H32N2. The average molecular weight is 421 g/mol. The van der Waals surface area contributed by atoms with Crippen LogP contribution < -0.4 is 10.6 Å². The van der Waals surface area contributed by atoms with Crippen LogP contribution in [0.3, 0.4) is 0 Å². The molecule has 0 heterocycles. The molecule has 2 aliphatic carbocycles. The molecule has 0 aliphatic heterocycles. The predicted molar refractivity (Wildman–Crippen MR) is 137 cm³/mol. The van der Waals surface area contributed by atoms with Gasteiger partial charge in [-0.15, -0.1) is 0 Å². The molecule has 6 rings (SSSR count).